The van der Waals surface area contributed by atoms with E-state index in [2.05, 4.69) is 33.2 Å². The molecule has 2 heterocycles. The molecule has 0 aliphatic carbocycles. The van der Waals surface area contributed by atoms with E-state index in [1.54, 1.807) is 0 Å². The number of rotatable bonds is 3. The molecular weight excluding hydrogens is 274 g/mol. The molecule has 0 radical (unpaired) electrons. The summed E-state index contributed by atoms with van der Waals surface area (Å²) in [6.07, 6.45) is 2.49. The van der Waals surface area contributed by atoms with E-state index in [1.807, 2.05) is 36.4 Å². The second-order valence-corrected chi connectivity index (χ2v) is 5.50. The van der Waals surface area contributed by atoms with Gasteiger partial charge in [-0.3, -0.25) is 0 Å². The van der Waals surface area contributed by atoms with Crippen molar-refractivity contribution in [2.45, 2.75) is 12.8 Å². The molecule has 0 bridgehead atoms. The monoisotopic (exact) mass is 291 g/mol. The van der Waals surface area contributed by atoms with Crippen LogP contribution < -0.4 is 4.90 Å². The lowest BCUT2D eigenvalue weighted by atomic mass is 10.1. The topological polar surface area (TPSA) is 42.2 Å². The first-order chi connectivity index (χ1) is 10.9. The number of nitrogens with zero attached hydrogens (tertiary/aromatic N) is 3. The van der Waals surface area contributed by atoms with Crippen molar-refractivity contribution in [3.63, 3.8) is 0 Å². The summed E-state index contributed by atoms with van der Waals surface area (Å²) < 4.78 is 5.52. The molecule has 4 heteroatoms. The normalized spacial score (nSPS) is 14.5. The van der Waals surface area contributed by atoms with Crippen LogP contribution in [0.4, 0.5) is 5.69 Å². The van der Waals surface area contributed by atoms with Gasteiger partial charge >= 0.3 is 0 Å². The molecular formula is C18H17N3O. The van der Waals surface area contributed by atoms with Gasteiger partial charge in [0, 0.05) is 24.3 Å². The zero-order valence-electron chi connectivity index (χ0n) is 12.3. The van der Waals surface area contributed by atoms with Crippen LogP contribution in [0.15, 0.2) is 59.1 Å². The van der Waals surface area contributed by atoms with Gasteiger partial charge in [-0.15, -0.1) is 0 Å². The van der Waals surface area contributed by atoms with Crippen LogP contribution in [0, 0.1) is 0 Å². The van der Waals surface area contributed by atoms with E-state index in [0.717, 1.165) is 24.2 Å². The van der Waals surface area contributed by atoms with Crippen LogP contribution in [0.3, 0.4) is 0 Å². The number of hydrogen-bond acceptors (Lipinski definition) is 4. The highest BCUT2D eigenvalue weighted by molar-refractivity contribution is 5.74. The van der Waals surface area contributed by atoms with E-state index < -0.39 is 0 Å². The van der Waals surface area contributed by atoms with E-state index >= 15 is 0 Å². The fourth-order valence-electron chi connectivity index (χ4n) is 2.93. The van der Waals surface area contributed by atoms with E-state index in [1.165, 1.54) is 18.5 Å². The Kier molecular flexibility index (Phi) is 3.35. The standard InChI is InChI=1S/C18H17N3O/c1-2-8-14(9-3-1)17-19-18(22-20-17)15-10-4-5-11-16(15)21-12-6-7-13-21/h1-5,8-11H,6-7,12-13H2. The summed E-state index contributed by atoms with van der Waals surface area (Å²) in [5, 5.41) is 4.13. The van der Waals surface area contributed by atoms with Gasteiger partial charge in [-0.05, 0) is 25.0 Å². The third-order valence-corrected chi connectivity index (χ3v) is 4.04. The Morgan fingerprint density at radius 2 is 1.59 bits per heavy atom. The highest BCUT2D eigenvalue weighted by Gasteiger charge is 2.19. The molecule has 0 saturated carbocycles. The van der Waals surface area contributed by atoms with E-state index in [-0.39, 0.29) is 0 Å². The van der Waals surface area contributed by atoms with Crippen LogP contribution in [-0.2, 0) is 0 Å². The molecule has 3 aromatic rings. The summed E-state index contributed by atoms with van der Waals surface area (Å²) in [6, 6.07) is 18.2. The Labute approximate surface area is 129 Å². The first-order valence-electron chi connectivity index (χ1n) is 7.65. The summed E-state index contributed by atoms with van der Waals surface area (Å²) in [7, 11) is 0. The lowest BCUT2D eigenvalue weighted by molar-refractivity contribution is 0.432. The van der Waals surface area contributed by atoms with Crippen molar-refractivity contribution in [2.24, 2.45) is 0 Å². The van der Waals surface area contributed by atoms with Crippen LogP contribution in [-0.4, -0.2) is 23.2 Å². The average Bonchev–Trinajstić information content (AvgIpc) is 3.28. The molecule has 1 aliphatic heterocycles. The largest absolute Gasteiger partial charge is 0.371 e. The van der Waals surface area contributed by atoms with Gasteiger partial charge in [0.05, 0.1) is 5.56 Å². The fraction of sp³-hybridized carbons (Fsp3) is 0.222. The Balaban J connectivity index is 1.72. The van der Waals surface area contributed by atoms with Gasteiger partial charge < -0.3 is 9.42 Å². The third kappa shape index (κ3) is 2.37. The molecule has 4 nitrogen and oxygen atoms in total. The van der Waals surface area contributed by atoms with Gasteiger partial charge in [-0.2, -0.15) is 4.98 Å². The third-order valence-electron chi connectivity index (χ3n) is 4.04. The zero-order chi connectivity index (χ0) is 14.8. The van der Waals surface area contributed by atoms with Crippen molar-refractivity contribution < 1.29 is 4.52 Å². The SMILES string of the molecule is c1ccc(-c2noc(-c3ccccc3N3CCCC3)n2)cc1. The highest BCUT2D eigenvalue weighted by atomic mass is 16.5. The number of anilines is 1. The van der Waals surface area contributed by atoms with E-state index in [0.29, 0.717) is 11.7 Å². The Bertz CT molecular complexity index is 761. The minimum atomic E-state index is 0.585. The quantitative estimate of drug-likeness (QED) is 0.731. The molecule has 1 fully saturated rings. The molecule has 0 amide bonds. The lowest BCUT2D eigenvalue weighted by Crippen LogP contribution is -2.18. The Morgan fingerprint density at radius 3 is 2.41 bits per heavy atom. The van der Waals surface area contributed by atoms with Crippen LogP contribution >= 0.6 is 0 Å². The molecule has 0 spiro atoms. The predicted molar refractivity (Wildman–Crippen MR) is 86.6 cm³/mol. The molecule has 0 unspecified atom stereocenters. The highest BCUT2D eigenvalue weighted by Crippen LogP contribution is 2.32. The second kappa shape index (κ2) is 5.64. The summed E-state index contributed by atoms with van der Waals surface area (Å²) in [5.74, 6) is 1.22. The van der Waals surface area contributed by atoms with Crippen molar-refractivity contribution in [1.82, 2.24) is 10.1 Å². The summed E-state index contributed by atoms with van der Waals surface area (Å²) in [4.78, 5) is 6.97. The zero-order valence-corrected chi connectivity index (χ0v) is 12.3. The number of aromatic nitrogens is 2. The molecule has 22 heavy (non-hydrogen) atoms. The maximum absolute atomic E-state index is 5.52. The van der Waals surface area contributed by atoms with E-state index in [9.17, 15) is 0 Å². The minimum Gasteiger partial charge on any atom is -0.371 e. The van der Waals surface area contributed by atoms with Crippen molar-refractivity contribution in [3.05, 3.63) is 54.6 Å². The Hall–Kier alpha value is -2.62. The van der Waals surface area contributed by atoms with Gasteiger partial charge in [-0.1, -0.05) is 47.6 Å². The smallest absolute Gasteiger partial charge is 0.260 e. The van der Waals surface area contributed by atoms with Crippen molar-refractivity contribution in [2.75, 3.05) is 18.0 Å². The van der Waals surface area contributed by atoms with Crippen molar-refractivity contribution in [1.29, 1.82) is 0 Å². The summed E-state index contributed by atoms with van der Waals surface area (Å²) in [6.45, 7) is 2.19. The molecule has 1 aliphatic rings. The van der Waals surface area contributed by atoms with Crippen LogP contribution in [0.25, 0.3) is 22.8 Å². The molecule has 1 saturated heterocycles. The first kappa shape index (κ1) is 13.1. The van der Waals surface area contributed by atoms with E-state index in [4.69, 9.17) is 4.52 Å². The molecule has 110 valence electrons. The maximum Gasteiger partial charge on any atom is 0.260 e. The second-order valence-electron chi connectivity index (χ2n) is 5.50. The van der Waals surface area contributed by atoms with Crippen molar-refractivity contribution in [3.8, 4) is 22.8 Å². The van der Waals surface area contributed by atoms with Gasteiger partial charge in [0.15, 0.2) is 0 Å². The van der Waals surface area contributed by atoms with Crippen LogP contribution in [0.1, 0.15) is 12.8 Å². The fourth-order valence-corrected chi connectivity index (χ4v) is 2.93. The lowest BCUT2D eigenvalue weighted by Gasteiger charge is -2.19. The molecule has 0 N–H and O–H groups in total. The summed E-state index contributed by atoms with van der Waals surface area (Å²) >= 11 is 0. The number of para-hydroxylation sites is 1. The molecule has 4 rings (SSSR count). The number of benzene rings is 2. The molecule has 2 aromatic carbocycles. The maximum atomic E-state index is 5.52. The molecule has 1 aromatic heterocycles. The number of hydrogen-bond donors (Lipinski definition) is 0. The van der Waals surface area contributed by atoms with Gasteiger partial charge in [0.1, 0.15) is 0 Å². The van der Waals surface area contributed by atoms with Crippen LogP contribution in [0.5, 0.6) is 0 Å². The molecule has 0 atom stereocenters. The van der Waals surface area contributed by atoms with Gasteiger partial charge in [0.25, 0.3) is 5.89 Å². The Morgan fingerprint density at radius 1 is 0.864 bits per heavy atom. The van der Waals surface area contributed by atoms with Crippen molar-refractivity contribution >= 4 is 5.69 Å². The van der Waals surface area contributed by atoms with Crippen LogP contribution in [0.2, 0.25) is 0 Å². The first-order valence-corrected chi connectivity index (χ1v) is 7.65. The predicted octanol–water partition coefficient (Wildman–Crippen LogP) is 4.00. The van der Waals surface area contributed by atoms with Gasteiger partial charge in [0.2, 0.25) is 5.82 Å². The minimum absolute atomic E-state index is 0.585. The van der Waals surface area contributed by atoms with Gasteiger partial charge in [-0.25, -0.2) is 0 Å². The average molecular weight is 291 g/mol. The summed E-state index contributed by atoms with van der Waals surface area (Å²) in [5.41, 5.74) is 3.17.